The average Bonchev–Trinajstić information content (AvgIpc) is 3.17. The molecule has 0 aliphatic heterocycles. The summed E-state index contributed by atoms with van der Waals surface area (Å²) in [4.78, 5) is 48.7. The summed E-state index contributed by atoms with van der Waals surface area (Å²) in [5.41, 5.74) is 0. The molecule has 58 heavy (non-hydrogen) atoms. The van der Waals surface area contributed by atoms with Crippen molar-refractivity contribution >= 4 is 38.3 Å². The van der Waals surface area contributed by atoms with E-state index in [1.54, 1.807) is 0 Å². The molecular weight excluding hydrogens is 776 g/mol. The van der Waals surface area contributed by atoms with Gasteiger partial charge in [0.2, 0.25) is 5.91 Å². The molecule has 0 fully saturated rings. The van der Waals surface area contributed by atoms with Crippen molar-refractivity contribution in [1.82, 2.24) is 5.32 Å². The van der Waals surface area contributed by atoms with Gasteiger partial charge in [-0.2, -0.15) is 12.6 Å². The van der Waals surface area contributed by atoms with Crippen molar-refractivity contribution in [2.24, 2.45) is 0 Å². The summed E-state index contributed by atoms with van der Waals surface area (Å²) in [6.45, 7) is 4.00. The summed E-state index contributed by atoms with van der Waals surface area (Å²) >= 11 is 4.25. The van der Waals surface area contributed by atoms with Crippen LogP contribution < -0.4 is 5.32 Å². The molecule has 0 aromatic heterocycles. The lowest BCUT2D eigenvalue weighted by Gasteiger charge is -2.25. The molecule has 1 amide bonds. The number of thiol groups is 1. The third-order valence-corrected chi connectivity index (χ3v) is 11.5. The molecule has 0 radical (unpaired) electrons. The molecule has 0 aromatic carbocycles. The lowest BCUT2D eigenvalue weighted by atomic mass is 10.0. The lowest BCUT2D eigenvalue weighted by molar-refractivity contribution is -0.870. The van der Waals surface area contributed by atoms with Crippen molar-refractivity contribution in [3.05, 3.63) is 12.2 Å². The van der Waals surface area contributed by atoms with Gasteiger partial charge < -0.3 is 24.2 Å². The second-order valence-corrected chi connectivity index (χ2v) is 18.8. The van der Waals surface area contributed by atoms with Crippen molar-refractivity contribution in [2.45, 2.75) is 206 Å². The van der Waals surface area contributed by atoms with Gasteiger partial charge in [0.05, 0.1) is 27.7 Å². The third-order valence-electron chi connectivity index (χ3n) is 10.1. The number of likely N-dealkylation sites (N-methyl/N-ethyl adjacent to an activating group) is 1. The van der Waals surface area contributed by atoms with Gasteiger partial charge in [0.1, 0.15) is 25.8 Å². The highest BCUT2D eigenvalue weighted by Crippen LogP contribution is 2.43. The van der Waals surface area contributed by atoms with Crippen molar-refractivity contribution < 1.29 is 46.8 Å². The number of phosphoric acid groups is 1. The topological polar surface area (TPSA) is 137 Å². The van der Waals surface area contributed by atoms with E-state index in [1.165, 1.54) is 103 Å². The molecule has 0 bridgehead atoms. The van der Waals surface area contributed by atoms with Gasteiger partial charge in [-0.1, -0.05) is 154 Å². The standard InChI is InChI=1S/C45H87N2O9PS/c1-6-8-10-12-14-16-18-20-21-23-24-26-28-30-32-34-43(48)46-42(40-58)45(50)56-41(39-55-57(51,52)54-37-36-47(3,4)5)38-53-44(49)35-33-31-29-27-25-22-19-17-15-13-11-9-7-2/h20-21,41-42H,6-19,22-40H2,1-5H3,(H2-,46,48,51,52,58)/p+1/b21-20-/t41?,42-/m0/s1. The van der Waals surface area contributed by atoms with Gasteiger partial charge in [-0.25, -0.2) is 9.36 Å². The van der Waals surface area contributed by atoms with Gasteiger partial charge >= 0.3 is 19.8 Å². The van der Waals surface area contributed by atoms with Crippen LogP contribution in [0.15, 0.2) is 12.2 Å². The second kappa shape index (κ2) is 38.5. The molecule has 0 saturated heterocycles. The smallest absolute Gasteiger partial charge is 0.462 e. The van der Waals surface area contributed by atoms with E-state index >= 15 is 0 Å². The lowest BCUT2D eigenvalue weighted by Crippen LogP contribution is -2.45. The van der Waals surface area contributed by atoms with Gasteiger partial charge in [0.15, 0.2) is 6.10 Å². The van der Waals surface area contributed by atoms with Crippen molar-refractivity contribution in [3.63, 3.8) is 0 Å². The molecule has 2 unspecified atom stereocenters. The molecule has 0 aromatic rings. The zero-order chi connectivity index (χ0) is 43.2. The number of hydrogen-bond donors (Lipinski definition) is 3. The highest BCUT2D eigenvalue weighted by Gasteiger charge is 2.29. The zero-order valence-corrected chi connectivity index (χ0v) is 39.5. The van der Waals surface area contributed by atoms with Crippen LogP contribution in [0.1, 0.15) is 194 Å². The number of esters is 2. The van der Waals surface area contributed by atoms with Crippen LogP contribution in [0, 0.1) is 0 Å². The molecule has 3 atom stereocenters. The highest BCUT2D eigenvalue weighted by atomic mass is 32.1. The zero-order valence-electron chi connectivity index (χ0n) is 37.7. The number of rotatable bonds is 42. The number of ether oxygens (including phenoxy) is 2. The van der Waals surface area contributed by atoms with Crippen LogP contribution in [0.25, 0.3) is 0 Å². The van der Waals surface area contributed by atoms with Crippen LogP contribution in [0.4, 0.5) is 0 Å². The minimum Gasteiger partial charge on any atom is -0.462 e. The van der Waals surface area contributed by atoms with Gasteiger partial charge in [-0.3, -0.25) is 18.6 Å². The largest absolute Gasteiger partial charge is 0.472 e. The van der Waals surface area contributed by atoms with Crippen LogP contribution in [0.3, 0.4) is 0 Å². The Balaban J connectivity index is 4.67. The predicted molar refractivity (Wildman–Crippen MR) is 241 cm³/mol. The molecular formula is C45H88N2O9PS+. The fraction of sp³-hybridized carbons (Fsp3) is 0.889. The minimum absolute atomic E-state index is 0.0178. The van der Waals surface area contributed by atoms with Crippen molar-refractivity contribution in [3.8, 4) is 0 Å². The Labute approximate surface area is 360 Å². The fourth-order valence-electron chi connectivity index (χ4n) is 6.35. The monoisotopic (exact) mass is 864 g/mol. The molecule has 0 aliphatic carbocycles. The first kappa shape index (κ1) is 56.6. The molecule has 0 rings (SSSR count). The molecule has 0 aliphatic rings. The minimum atomic E-state index is -4.49. The van der Waals surface area contributed by atoms with E-state index in [9.17, 15) is 23.8 Å². The van der Waals surface area contributed by atoms with Crippen LogP contribution >= 0.6 is 20.5 Å². The first-order valence-corrected chi connectivity index (χ1v) is 25.3. The summed E-state index contributed by atoms with van der Waals surface area (Å²) in [6, 6.07) is -1.05. The van der Waals surface area contributed by atoms with Gasteiger partial charge in [-0.05, 0) is 38.5 Å². The van der Waals surface area contributed by atoms with E-state index in [0.29, 0.717) is 23.9 Å². The Morgan fingerprint density at radius 1 is 0.655 bits per heavy atom. The summed E-state index contributed by atoms with van der Waals surface area (Å²) in [7, 11) is 1.27. The van der Waals surface area contributed by atoms with Crippen LogP contribution in [-0.4, -0.2) is 92.6 Å². The molecule has 0 heterocycles. The van der Waals surface area contributed by atoms with Crippen LogP contribution in [0.5, 0.6) is 0 Å². The Hall–Kier alpha value is -1.43. The molecule has 0 spiro atoms. The van der Waals surface area contributed by atoms with E-state index < -0.39 is 38.5 Å². The van der Waals surface area contributed by atoms with E-state index in [4.69, 9.17) is 18.5 Å². The number of nitrogens with one attached hydrogen (secondary N) is 1. The SMILES string of the molecule is CCCCCCCC/C=C\CCCCCCCC(=O)N[C@@H](CS)C(=O)OC(COC(=O)CCCCCCCCCCCCCCC)COP(=O)(O)OCC[N+](C)(C)C. The predicted octanol–water partition coefficient (Wildman–Crippen LogP) is 11.2. The van der Waals surface area contributed by atoms with E-state index in [2.05, 4.69) is 43.9 Å². The second-order valence-electron chi connectivity index (χ2n) is 17.0. The summed E-state index contributed by atoms with van der Waals surface area (Å²) < 4.78 is 34.3. The summed E-state index contributed by atoms with van der Waals surface area (Å²) in [5, 5.41) is 2.69. The first-order chi connectivity index (χ1) is 27.8. The average molecular weight is 864 g/mol. The number of unbranched alkanes of at least 4 members (excludes halogenated alkanes) is 23. The van der Waals surface area contributed by atoms with E-state index in [0.717, 1.165) is 51.4 Å². The fourth-order valence-corrected chi connectivity index (χ4v) is 7.34. The maximum Gasteiger partial charge on any atom is 0.472 e. The maximum absolute atomic E-state index is 13.1. The Morgan fingerprint density at radius 2 is 1.10 bits per heavy atom. The third kappa shape index (κ3) is 38.8. The first-order valence-electron chi connectivity index (χ1n) is 23.2. The van der Waals surface area contributed by atoms with Gasteiger partial charge in [-0.15, -0.1) is 0 Å². The molecule has 11 nitrogen and oxygen atoms in total. The maximum atomic E-state index is 13.1. The summed E-state index contributed by atoms with van der Waals surface area (Å²) in [5.74, 6) is -1.55. The number of carbonyl (C=O) groups is 3. The van der Waals surface area contributed by atoms with Crippen molar-refractivity contribution in [2.75, 3.05) is 53.3 Å². The number of quaternary nitrogens is 1. The number of amides is 1. The Morgan fingerprint density at radius 3 is 1.57 bits per heavy atom. The summed E-state index contributed by atoms with van der Waals surface area (Å²) in [6.07, 6.45) is 34.6. The highest BCUT2D eigenvalue weighted by molar-refractivity contribution is 7.80. The normalized spacial score (nSPS) is 14.0. The number of hydrogen-bond acceptors (Lipinski definition) is 9. The number of allylic oxidation sites excluding steroid dienone is 2. The van der Waals surface area contributed by atoms with Gasteiger partial charge in [0, 0.05) is 18.6 Å². The van der Waals surface area contributed by atoms with Gasteiger partial charge in [0.25, 0.3) is 0 Å². The van der Waals surface area contributed by atoms with Crippen LogP contribution in [0.2, 0.25) is 0 Å². The molecule has 13 heteroatoms. The molecule has 0 saturated carbocycles. The Bertz CT molecular complexity index is 1090. The van der Waals surface area contributed by atoms with E-state index in [1.807, 2.05) is 21.1 Å². The van der Waals surface area contributed by atoms with E-state index in [-0.39, 0.29) is 37.7 Å². The molecule has 342 valence electrons. The van der Waals surface area contributed by atoms with Crippen LogP contribution in [-0.2, 0) is 37.5 Å². The number of nitrogens with zero attached hydrogens (tertiary/aromatic N) is 1. The quantitative estimate of drug-likeness (QED) is 0.0137. The Kier molecular flexibility index (Phi) is 37.5. The number of carbonyl (C=O) groups excluding carboxylic acids is 3. The van der Waals surface area contributed by atoms with Crippen molar-refractivity contribution in [1.29, 1.82) is 0 Å². The number of phosphoric ester groups is 1. The molecule has 2 N–H and O–H groups in total.